The van der Waals surface area contributed by atoms with E-state index in [-0.39, 0.29) is 0 Å². The van der Waals surface area contributed by atoms with Gasteiger partial charge in [0.1, 0.15) is 0 Å². The average Bonchev–Trinajstić information content (AvgIpc) is 2.72. The summed E-state index contributed by atoms with van der Waals surface area (Å²) >= 11 is 1.77. The lowest BCUT2D eigenvalue weighted by Gasteiger charge is -2.16. The molecule has 1 aromatic rings. The Labute approximate surface area is 108 Å². The minimum Gasteiger partial charge on any atom is -0.357 e. The third kappa shape index (κ3) is 4.77. The first kappa shape index (κ1) is 14.0. The smallest absolute Gasteiger partial charge is 0.191 e. The summed E-state index contributed by atoms with van der Waals surface area (Å²) in [7, 11) is 0. The number of guanidine groups is 1. The van der Waals surface area contributed by atoms with Gasteiger partial charge >= 0.3 is 0 Å². The van der Waals surface area contributed by atoms with Crippen molar-refractivity contribution >= 4 is 17.3 Å². The van der Waals surface area contributed by atoms with Gasteiger partial charge in [0.15, 0.2) is 5.96 Å². The number of hydrogen-bond acceptors (Lipinski definition) is 2. The first-order valence-corrected chi connectivity index (χ1v) is 7.13. The molecule has 2 N–H and O–H groups in total. The van der Waals surface area contributed by atoms with E-state index >= 15 is 0 Å². The van der Waals surface area contributed by atoms with Crippen molar-refractivity contribution in [2.45, 2.75) is 46.7 Å². The first-order chi connectivity index (χ1) is 8.17. The zero-order chi connectivity index (χ0) is 12.7. The van der Waals surface area contributed by atoms with Crippen LogP contribution in [0.25, 0.3) is 0 Å². The van der Waals surface area contributed by atoms with Gasteiger partial charge in [-0.25, -0.2) is 4.99 Å². The Kier molecular flexibility index (Phi) is 6.05. The first-order valence-electron chi connectivity index (χ1n) is 6.25. The number of nitrogens with one attached hydrogen (secondary N) is 2. The van der Waals surface area contributed by atoms with Gasteiger partial charge in [0, 0.05) is 17.5 Å². The summed E-state index contributed by atoms with van der Waals surface area (Å²) in [5.74, 6) is 0.912. The van der Waals surface area contributed by atoms with Gasteiger partial charge in [-0.2, -0.15) is 0 Å². The molecule has 4 heteroatoms. The Morgan fingerprint density at radius 1 is 1.47 bits per heavy atom. The third-order valence-electron chi connectivity index (χ3n) is 2.69. The van der Waals surface area contributed by atoms with Crippen molar-refractivity contribution < 1.29 is 0 Å². The third-order valence-corrected chi connectivity index (χ3v) is 3.70. The van der Waals surface area contributed by atoms with Crippen LogP contribution in [0.2, 0.25) is 0 Å². The summed E-state index contributed by atoms with van der Waals surface area (Å²) in [6.45, 7) is 10.2. The van der Waals surface area contributed by atoms with Crippen LogP contribution in [0.15, 0.2) is 16.4 Å². The summed E-state index contributed by atoms with van der Waals surface area (Å²) in [6.07, 6.45) is 1.10. The van der Waals surface area contributed by atoms with Crippen molar-refractivity contribution in [2.24, 2.45) is 4.99 Å². The zero-order valence-corrected chi connectivity index (χ0v) is 12.0. The number of nitrogens with zero attached hydrogens (tertiary/aromatic N) is 1. The maximum absolute atomic E-state index is 4.61. The van der Waals surface area contributed by atoms with Gasteiger partial charge in [-0.3, -0.25) is 0 Å². The van der Waals surface area contributed by atoms with Gasteiger partial charge < -0.3 is 10.6 Å². The van der Waals surface area contributed by atoms with Crippen LogP contribution in [0.4, 0.5) is 0 Å². The summed E-state index contributed by atoms with van der Waals surface area (Å²) < 4.78 is 0. The number of thiophene rings is 1. The molecule has 1 atom stereocenters. The van der Waals surface area contributed by atoms with Crippen LogP contribution in [0.3, 0.4) is 0 Å². The topological polar surface area (TPSA) is 36.4 Å². The molecule has 1 rings (SSSR count). The van der Waals surface area contributed by atoms with E-state index in [2.05, 4.69) is 54.8 Å². The lowest BCUT2D eigenvalue weighted by Crippen LogP contribution is -2.41. The van der Waals surface area contributed by atoms with Crippen molar-refractivity contribution in [3.63, 3.8) is 0 Å². The molecule has 0 saturated carbocycles. The lowest BCUT2D eigenvalue weighted by atomic mass is 10.3. The molecule has 0 radical (unpaired) electrons. The van der Waals surface area contributed by atoms with E-state index in [0.29, 0.717) is 6.04 Å². The fourth-order valence-corrected chi connectivity index (χ4v) is 2.20. The molecule has 1 unspecified atom stereocenters. The van der Waals surface area contributed by atoms with Crippen LogP contribution in [0.5, 0.6) is 0 Å². The normalized spacial score (nSPS) is 13.5. The quantitative estimate of drug-likeness (QED) is 0.625. The molecule has 0 spiro atoms. The summed E-state index contributed by atoms with van der Waals surface area (Å²) in [5.41, 5.74) is 1.33. The highest BCUT2D eigenvalue weighted by molar-refractivity contribution is 7.10. The molecule has 0 aliphatic carbocycles. The molecule has 0 aromatic carbocycles. The summed E-state index contributed by atoms with van der Waals surface area (Å²) in [4.78, 5) is 5.95. The molecule has 0 amide bonds. The highest BCUT2D eigenvalue weighted by atomic mass is 32.1. The fourth-order valence-electron chi connectivity index (χ4n) is 1.37. The van der Waals surface area contributed by atoms with E-state index in [9.17, 15) is 0 Å². The van der Waals surface area contributed by atoms with Gasteiger partial charge in [0.25, 0.3) is 0 Å². The Bertz CT molecular complexity index is 357. The average molecular weight is 253 g/mol. The molecule has 0 fully saturated rings. The van der Waals surface area contributed by atoms with Crippen LogP contribution >= 0.6 is 11.3 Å². The van der Waals surface area contributed by atoms with Crippen LogP contribution in [-0.4, -0.2) is 18.5 Å². The fraction of sp³-hybridized carbons (Fsp3) is 0.615. The SMILES string of the molecule is CCNC(=NCc1sccc1C)NC(C)CC. The van der Waals surface area contributed by atoms with Crippen molar-refractivity contribution in [3.05, 3.63) is 21.9 Å². The van der Waals surface area contributed by atoms with Crippen LogP contribution in [0, 0.1) is 6.92 Å². The largest absolute Gasteiger partial charge is 0.357 e. The Morgan fingerprint density at radius 3 is 2.76 bits per heavy atom. The van der Waals surface area contributed by atoms with E-state index < -0.39 is 0 Å². The van der Waals surface area contributed by atoms with E-state index in [1.54, 1.807) is 11.3 Å². The highest BCUT2D eigenvalue weighted by Gasteiger charge is 2.03. The Morgan fingerprint density at radius 2 is 2.24 bits per heavy atom. The molecule has 3 nitrogen and oxygen atoms in total. The molecule has 1 aromatic heterocycles. The van der Waals surface area contributed by atoms with E-state index in [0.717, 1.165) is 25.5 Å². The van der Waals surface area contributed by atoms with Crippen molar-refractivity contribution in [1.29, 1.82) is 0 Å². The molecular weight excluding hydrogens is 230 g/mol. The van der Waals surface area contributed by atoms with E-state index in [4.69, 9.17) is 0 Å². The number of rotatable bonds is 5. The zero-order valence-electron chi connectivity index (χ0n) is 11.2. The molecule has 0 aliphatic heterocycles. The van der Waals surface area contributed by atoms with Gasteiger partial charge in [0.2, 0.25) is 0 Å². The monoisotopic (exact) mass is 253 g/mol. The second-order valence-corrected chi connectivity index (χ2v) is 5.18. The molecule has 1 heterocycles. The predicted octanol–water partition coefficient (Wildman–Crippen LogP) is 2.91. The lowest BCUT2D eigenvalue weighted by molar-refractivity contribution is 0.624. The second-order valence-electron chi connectivity index (χ2n) is 4.18. The number of aryl methyl sites for hydroxylation is 1. The van der Waals surface area contributed by atoms with Crippen LogP contribution in [-0.2, 0) is 6.54 Å². The number of aliphatic imine (C=N–C) groups is 1. The minimum atomic E-state index is 0.456. The van der Waals surface area contributed by atoms with Crippen LogP contribution < -0.4 is 10.6 Å². The molecule has 0 saturated heterocycles. The number of hydrogen-bond donors (Lipinski definition) is 2. The highest BCUT2D eigenvalue weighted by Crippen LogP contribution is 2.16. The minimum absolute atomic E-state index is 0.456. The van der Waals surface area contributed by atoms with Gasteiger partial charge in [0.05, 0.1) is 6.54 Å². The summed E-state index contributed by atoms with van der Waals surface area (Å²) in [6, 6.07) is 2.60. The molecule has 96 valence electrons. The van der Waals surface area contributed by atoms with Crippen molar-refractivity contribution in [1.82, 2.24) is 10.6 Å². The standard InChI is InChI=1S/C13H23N3S/c1-5-11(4)16-13(14-6-2)15-9-12-10(3)7-8-17-12/h7-8,11H,5-6,9H2,1-4H3,(H2,14,15,16). The molecule has 17 heavy (non-hydrogen) atoms. The summed E-state index contributed by atoms with van der Waals surface area (Å²) in [5, 5.41) is 8.79. The van der Waals surface area contributed by atoms with Gasteiger partial charge in [-0.05, 0) is 44.2 Å². The second kappa shape index (κ2) is 7.33. The molecule has 0 bridgehead atoms. The van der Waals surface area contributed by atoms with E-state index in [1.165, 1.54) is 10.4 Å². The molecular formula is C13H23N3S. The van der Waals surface area contributed by atoms with Gasteiger partial charge in [-0.1, -0.05) is 6.92 Å². The predicted molar refractivity (Wildman–Crippen MR) is 76.8 cm³/mol. The van der Waals surface area contributed by atoms with Crippen molar-refractivity contribution in [3.8, 4) is 0 Å². The Hall–Kier alpha value is -1.03. The van der Waals surface area contributed by atoms with Crippen molar-refractivity contribution in [2.75, 3.05) is 6.54 Å². The van der Waals surface area contributed by atoms with Gasteiger partial charge in [-0.15, -0.1) is 11.3 Å². The van der Waals surface area contributed by atoms with E-state index in [1.807, 2.05) is 0 Å². The molecule has 0 aliphatic rings. The maximum atomic E-state index is 4.61. The Balaban J connectivity index is 2.60. The van der Waals surface area contributed by atoms with Crippen LogP contribution in [0.1, 0.15) is 37.6 Å². The maximum Gasteiger partial charge on any atom is 0.191 e.